The topological polar surface area (TPSA) is 46.3 Å². The molecule has 18 heavy (non-hydrogen) atoms. The van der Waals surface area contributed by atoms with Gasteiger partial charge >= 0.3 is 0 Å². The normalized spacial score (nSPS) is 15.0. The Labute approximate surface area is 105 Å². The summed E-state index contributed by atoms with van der Waals surface area (Å²) >= 11 is 0. The van der Waals surface area contributed by atoms with Gasteiger partial charge in [0.05, 0.1) is 0 Å². The lowest BCUT2D eigenvalue weighted by molar-refractivity contribution is 0.0751. The molecule has 2 heterocycles. The Balaban J connectivity index is 1.83. The molecule has 4 nitrogen and oxygen atoms in total. The highest BCUT2D eigenvalue weighted by Gasteiger charge is 2.23. The van der Waals surface area contributed by atoms with Crippen LogP contribution < -0.4 is 0 Å². The maximum Gasteiger partial charge on any atom is 0.292 e. The maximum absolute atomic E-state index is 12.1. The standard InChI is InChI=1S/C14H14N2O2/c17-14(16-8-4-5-9-16)13-10-12(15-18-13)11-6-2-1-3-7-11/h1-3,6-7,10H,4-5,8-9H2. The minimum absolute atomic E-state index is 0.0535. The number of carbonyl (C=O) groups excluding carboxylic acids is 1. The van der Waals surface area contributed by atoms with Crippen LogP contribution in [0.2, 0.25) is 0 Å². The highest BCUT2D eigenvalue weighted by Crippen LogP contribution is 2.20. The van der Waals surface area contributed by atoms with Gasteiger partial charge < -0.3 is 9.42 Å². The number of carbonyl (C=O) groups is 1. The molecular weight excluding hydrogens is 228 g/mol. The summed E-state index contributed by atoms with van der Waals surface area (Å²) in [6, 6.07) is 11.4. The summed E-state index contributed by atoms with van der Waals surface area (Å²) in [5, 5.41) is 3.96. The predicted octanol–water partition coefficient (Wildman–Crippen LogP) is 2.58. The molecule has 0 atom stereocenters. The fourth-order valence-corrected chi connectivity index (χ4v) is 2.20. The number of amides is 1. The van der Waals surface area contributed by atoms with Crippen LogP contribution in [0.4, 0.5) is 0 Å². The Hall–Kier alpha value is -2.10. The van der Waals surface area contributed by atoms with Gasteiger partial charge in [-0.1, -0.05) is 35.5 Å². The second-order valence-corrected chi connectivity index (χ2v) is 4.44. The Morgan fingerprint density at radius 2 is 1.89 bits per heavy atom. The largest absolute Gasteiger partial charge is 0.350 e. The zero-order chi connectivity index (χ0) is 12.4. The molecule has 1 saturated heterocycles. The second-order valence-electron chi connectivity index (χ2n) is 4.44. The molecule has 92 valence electrons. The minimum atomic E-state index is -0.0535. The number of hydrogen-bond donors (Lipinski definition) is 0. The van der Waals surface area contributed by atoms with Crippen molar-refractivity contribution in [1.82, 2.24) is 10.1 Å². The fraction of sp³-hybridized carbons (Fsp3) is 0.286. The summed E-state index contributed by atoms with van der Waals surface area (Å²) < 4.78 is 5.15. The lowest BCUT2D eigenvalue weighted by Crippen LogP contribution is -2.27. The third-order valence-electron chi connectivity index (χ3n) is 3.18. The van der Waals surface area contributed by atoms with E-state index in [1.807, 2.05) is 35.2 Å². The lowest BCUT2D eigenvalue weighted by Gasteiger charge is -2.11. The second kappa shape index (κ2) is 4.64. The maximum atomic E-state index is 12.1. The molecule has 1 aromatic heterocycles. The molecule has 1 fully saturated rings. The first kappa shape index (κ1) is 11.0. The van der Waals surface area contributed by atoms with Gasteiger partial charge in [0.25, 0.3) is 5.91 Å². The molecule has 1 amide bonds. The van der Waals surface area contributed by atoms with E-state index in [9.17, 15) is 4.79 Å². The molecular formula is C14H14N2O2. The van der Waals surface area contributed by atoms with Gasteiger partial charge in [-0.05, 0) is 12.8 Å². The molecule has 0 unspecified atom stereocenters. The van der Waals surface area contributed by atoms with Gasteiger partial charge in [-0.15, -0.1) is 0 Å². The van der Waals surface area contributed by atoms with E-state index in [4.69, 9.17) is 4.52 Å². The number of benzene rings is 1. The van der Waals surface area contributed by atoms with Gasteiger partial charge in [-0.3, -0.25) is 4.79 Å². The van der Waals surface area contributed by atoms with E-state index in [0.717, 1.165) is 31.5 Å². The van der Waals surface area contributed by atoms with Gasteiger partial charge in [-0.25, -0.2) is 0 Å². The third-order valence-corrected chi connectivity index (χ3v) is 3.18. The number of likely N-dealkylation sites (tertiary alicyclic amines) is 1. The first-order valence-electron chi connectivity index (χ1n) is 6.16. The van der Waals surface area contributed by atoms with Crippen molar-refractivity contribution in [3.63, 3.8) is 0 Å². The van der Waals surface area contributed by atoms with Crippen LogP contribution in [-0.2, 0) is 0 Å². The van der Waals surface area contributed by atoms with Gasteiger partial charge in [-0.2, -0.15) is 0 Å². The van der Waals surface area contributed by atoms with Crippen molar-refractivity contribution in [2.24, 2.45) is 0 Å². The van der Waals surface area contributed by atoms with Crippen LogP contribution in [0.5, 0.6) is 0 Å². The smallest absolute Gasteiger partial charge is 0.292 e. The quantitative estimate of drug-likeness (QED) is 0.813. The van der Waals surface area contributed by atoms with Gasteiger partial charge in [0, 0.05) is 24.7 Å². The average Bonchev–Trinajstić information content (AvgIpc) is 3.10. The fourth-order valence-electron chi connectivity index (χ4n) is 2.20. The first-order valence-corrected chi connectivity index (χ1v) is 6.16. The summed E-state index contributed by atoms with van der Waals surface area (Å²) in [6.07, 6.45) is 2.15. The first-order chi connectivity index (χ1) is 8.84. The van der Waals surface area contributed by atoms with Crippen molar-refractivity contribution in [3.05, 3.63) is 42.2 Å². The molecule has 0 spiro atoms. The van der Waals surface area contributed by atoms with Crippen LogP contribution >= 0.6 is 0 Å². The number of hydrogen-bond acceptors (Lipinski definition) is 3. The molecule has 0 saturated carbocycles. The van der Waals surface area contributed by atoms with Crippen LogP contribution in [-0.4, -0.2) is 29.1 Å². The van der Waals surface area contributed by atoms with Crippen LogP contribution in [0.3, 0.4) is 0 Å². The van der Waals surface area contributed by atoms with Crippen molar-refractivity contribution in [1.29, 1.82) is 0 Å². The van der Waals surface area contributed by atoms with E-state index >= 15 is 0 Å². The summed E-state index contributed by atoms with van der Waals surface area (Å²) in [6.45, 7) is 1.64. The van der Waals surface area contributed by atoms with Crippen molar-refractivity contribution in [2.75, 3.05) is 13.1 Å². The zero-order valence-electron chi connectivity index (χ0n) is 10.0. The van der Waals surface area contributed by atoms with Crippen LogP contribution in [0.15, 0.2) is 40.9 Å². The van der Waals surface area contributed by atoms with Crippen LogP contribution in [0.25, 0.3) is 11.3 Å². The number of aromatic nitrogens is 1. The highest BCUT2D eigenvalue weighted by atomic mass is 16.5. The summed E-state index contributed by atoms with van der Waals surface area (Å²) in [7, 11) is 0. The van der Waals surface area contributed by atoms with E-state index < -0.39 is 0 Å². The minimum Gasteiger partial charge on any atom is -0.350 e. The SMILES string of the molecule is O=C(c1cc(-c2ccccc2)no1)N1CCCC1. The lowest BCUT2D eigenvalue weighted by atomic mass is 10.1. The van der Waals surface area contributed by atoms with E-state index in [-0.39, 0.29) is 5.91 Å². The average molecular weight is 242 g/mol. The predicted molar refractivity (Wildman–Crippen MR) is 67.1 cm³/mol. The summed E-state index contributed by atoms with van der Waals surface area (Å²) in [5.74, 6) is 0.276. The van der Waals surface area contributed by atoms with E-state index in [1.54, 1.807) is 6.07 Å². The van der Waals surface area contributed by atoms with Crippen LogP contribution in [0.1, 0.15) is 23.4 Å². The van der Waals surface area contributed by atoms with Crippen molar-refractivity contribution < 1.29 is 9.32 Å². The molecule has 1 aliphatic heterocycles. The molecule has 0 N–H and O–H groups in total. The Kier molecular flexibility index (Phi) is 2.84. The summed E-state index contributed by atoms with van der Waals surface area (Å²) in [5.41, 5.74) is 1.67. The Morgan fingerprint density at radius 3 is 2.61 bits per heavy atom. The molecule has 1 aromatic carbocycles. The van der Waals surface area contributed by atoms with E-state index in [1.165, 1.54) is 0 Å². The number of nitrogens with zero attached hydrogens (tertiary/aromatic N) is 2. The van der Waals surface area contributed by atoms with E-state index in [0.29, 0.717) is 11.5 Å². The molecule has 0 aliphatic carbocycles. The molecule has 2 aromatic rings. The van der Waals surface area contributed by atoms with E-state index in [2.05, 4.69) is 5.16 Å². The zero-order valence-corrected chi connectivity index (χ0v) is 10.0. The highest BCUT2D eigenvalue weighted by molar-refractivity contribution is 5.92. The third kappa shape index (κ3) is 2.01. The Morgan fingerprint density at radius 1 is 1.17 bits per heavy atom. The van der Waals surface area contributed by atoms with Gasteiger partial charge in [0.2, 0.25) is 5.76 Å². The molecule has 0 radical (unpaired) electrons. The monoisotopic (exact) mass is 242 g/mol. The number of rotatable bonds is 2. The van der Waals surface area contributed by atoms with Crippen molar-refractivity contribution >= 4 is 5.91 Å². The van der Waals surface area contributed by atoms with Gasteiger partial charge in [0.1, 0.15) is 5.69 Å². The molecule has 4 heteroatoms. The van der Waals surface area contributed by atoms with Gasteiger partial charge in [0.15, 0.2) is 0 Å². The Bertz CT molecular complexity index is 542. The van der Waals surface area contributed by atoms with Crippen molar-refractivity contribution in [3.8, 4) is 11.3 Å². The summed E-state index contributed by atoms with van der Waals surface area (Å²) in [4.78, 5) is 13.9. The van der Waals surface area contributed by atoms with Crippen LogP contribution in [0, 0.1) is 0 Å². The molecule has 3 rings (SSSR count). The molecule has 0 bridgehead atoms. The molecule has 1 aliphatic rings. The van der Waals surface area contributed by atoms with Crippen molar-refractivity contribution in [2.45, 2.75) is 12.8 Å².